The second-order valence-electron chi connectivity index (χ2n) is 5.04. The van der Waals surface area contributed by atoms with Crippen LogP contribution in [0.2, 0.25) is 0 Å². The molecule has 1 fully saturated rings. The van der Waals surface area contributed by atoms with Gasteiger partial charge in [-0.1, -0.05) is 19.3 Å². The molecule has 1 aliphatic carbocycles. The predicted octanol–water partition coefficient (Wildman–Crippen LogP) is 3.76. The highest BCUT2D eigenvalue weighted by atomic mass is 32.1. The summed E-state index contributed by atoms with van der Waals surface area (Å²) in [7, 11) is 0. The van der Waals surface area contributed by atoms with Gasteiger partial charge in [0.15, 0.2) is 0 Å². The zero-order valence-electron chi connectivity index (χ0n) is 11.0. The van der Waals surface area contributed by atoms with Crippen molar-refractivity contribution in [2.45, 2.75) is 32.6 Å². The molecule has 0 saturated heterocycles. The molecule has 0 spiro atoms. The minimum Gasteiger partial charge on any atom is -0.382 e. The Hall–Kier alpha value is -1.14. The van der Waals surface area contributed by atoms with Gasteiger partial charge in [0.05, 0.1) is 16.3 Å². The van der Waals surface area contributed by atoms with E-state index < -0.39 is 0 Å². The molecule has 2 heterocycles. The molecule has 0 unspecified atom stereocenters. The van der Waals surface area contributed by atoms with Crippen molar-refractivity contribution in [3.8, 4) is 11.3 Å². The SMILES string of the molecule is Cc1nc(-c2c(N)nsc2NCCC2CCC2)cs1. The topological polar surface area (TPSA) is 63.8 Å². The Morgan fingerprint density at radius 3 is 2.95 bits per heavy atom. The van der Waals surface area contributed by atoms with Crippen molar-refractivity contribution in [3.05, 3.63) is 10.4 Å². The van der Waals surface area contributed by atoms with E-state index in [0.29, 0.717) is 5.82 Å². The third-order valence-corrected chi connectivity index (χ3v) is 5.25. The average molecular weight is 294 g/mol. The standard InChI is InChI=1S/C13H18N4S2/c1-8-16-10(7-18-8)11-12(14)17-19-13(11)15-6-5-9-3-2-4-9/h7,9,15H,2-6H2,1H3,(H2,14,17). The summed E-state index contributed by atoms with van der Waals surface area (Å²) in [5.41, 5.74) is 7.89. The number of nitrogens with two attached hydrogens (primary N) is 1. The first-order chi connectivity index (χ1) is 9.24. The highest BCUT2D eigenvalue weighted by molar-refractivity contribution is 7.11. The zero-order chi connectivity index (χ0) is 13.2. The van der Waals surface area contributed by atoms with Gasteiger partial charge in [0.25, 0.3) is 0 Å². The van der Waals surface area contributed by atoms with Crippen LogP contribution in [0.4, 0.5) is 10.8 Å². The molecule has 2 aromatic rings. The summed E-state index contributed by atoms with van der Waals surface area (Å²) in [6.45, 7) is 3.01. The predicted molar refractivity (Wildman–Crippen MR) is 82.8 cm³/mol. The first-order valence-electron chi connectivity index (χ1n) is 6.65. The third kappa shape index (κ3) is 2.74. The minimum atomic E-state index is 0.585. The van der Waals surface area contributed by atoms with Crippen LogP contribution in [0.25, 0.3) is 11.3 Å². The highest BCUT2D eigenvalue weighted by Crippen LogP contribution is 2.37. The van der Waals surface area contributed by atoms with Gasteiger partial charge >= 0.3 is 0 Å². The minimum absolute atomic E-state index is 0.585. The Morgan fingerprint density at radius 2 is 2.32 bits per heavy atom. The van der Waals surface area contributed by atoms with Crippen LogP contribution in [0.1, 0.15) is 30.7 Å². The largest absolute Gasteiger partial charge is 0.382 e. The molecule has 1 saturated carbocycles. The fourth-order valence-corrected chi connectivity index (χ4v) is 3.67. The van der Waals surface area contributed by atoms with E-state index in [0.717, 1.165) is 33.7 Å². The molecule has 102 valence electrons. The third-order valence-electron chi connectivity index (χ3n) is 3.66. The van der Waals surface area contributed by atoms with Gasteiger partial charge in [0.1, 0.15) is 10.8 Å². The summed E-state index contributed by atoms with van der Waals surface area (Å²) in [5.74, 6) is 1.50. The van der Waals surface area contributed by atoms with Crippen LogP contribution in [0.15, 0.2) is 5.38 Å². The second-order valence-corrected chi connectivity index (χ2v) is 6.87. The van der Waals surface area contributed by atoms with Crippen molar-refractivity contribution in [1.82, 2.24) is 9.36 Å². The van der Waals surface area contributed by atoms with Crippen molar-refractivity contribution in [2.24, 2.45) is 5.92 Å². The number of rotatable bonds is 5. The molecule has 6 heteroatoms. The molecule has 0 amide bonds. The van der Waals surface area contributed by atoms with E-state index in [1.165, 1.54) is 37.2 Å². The summed E-state index contributed by atoms with van der Waals surface area (Å²) in [6.07, 6.45) is 5.43. The molecular weight excluding hydrogens is 276 g/mol. The lowest BCUT2D eigenvalue weighted by atomic mass is 9.83. The lowest BCUT2D eigenvalue weighted by Crippen LogP contribution is -2.15. The molecule has 3 N–H and O–H groups in total. The number of hydrogen-bond donors (Lipinski definition) is 2. The van der Waals surface area contributed by atoms with Crippen LogP contribution < -0.4 is 11.1 Å². The molecule has 2 aromatic heterocycles. The summed E-state index contributed by atoms with van der Waals surface area (Å²) in [5, 5.41) is 7.64. The van der Waals surface area contributed by atoms with E-state index in [4.69, 9.17) is 5.73 Å². The van der Waals surface area contributed by atoms with Gasteiger partial charge in [-0.15, -0.1) is 11.3 Å². The first kappa shape index (κ1) is 12.9. The monoisotopic (exact) mass is 294 g/mol. The zero-order valence-corrected chi connectivity index (χ0v) is 12.6. The molecule has 0 aromatic carbocycles. The van der Waals surface area contributed by atoms with Crippen LogP contribution in [0.3, 0.4) is 0 Å². The Kier molecular flexibility index (Phi) is 3.70. The first-order valence-corrected chi connectivity index (χ1v) is 8.31. The normalized spacial score (nSPS) is 15.4. The number of aromatic nitrogens is 2. The summed E-state index contributed by atoms with van der Waals surface area (Å²) in [6, 6.07) is 0. The number of nitrogen functional groups attached to an aromatic ring is 1. The molecule has 4 nitrogen and oxygen atoms in total. The van der Waals surface area contributed by atoms with E-state index in [1.54, 1.807) is 11.3 Å². The van der Waals surface area contributed by atoms with Crippen molar-refractivity contribution in [3.63, 3.8) is 0 Å². The summed E-state index contributed by atoms with van der Waals surface area (Å²) in [4.78, 5) is 4.51. The number of anilines is 2. The van der Waals surface area contributed by atoms with Crippen LogP contribution in [0, 0.1) is 12.8 Å². The van der Waals surface area contributed by atoms with E-state index in [9.17, 15) is 0 Å². The quantitative estimate of drug-likeness (QED) is 0.881. The maximum absolute atomic E-state index is 5.98. The van der Waals surface area contributed by atoms with E-state index >= 15 is 0 Å². The number of nitrogens with one attached hydrogen (secondary N) is 1. The van der Waals surface area contributed by atoms with E-state index in [-0.39, 0.29) is 0 Å². The molecule has 3 rings (SSSR count). The van der Waals surface area contributed by atoms with Gasteiger partial charge in [0.2, 0.25) is 0 Å². The fourth-order valence-electron chi connectivity index (χ4n) is 2.32. The van der Waals surface area contributed by atoms with Gasteiger partial charge in [0, 0.05) is 11.9 Å². The molecule has 0 radical (unpaired) electrons. The second kappa shape index (κ2) is 5.46. The smallest absolute Gasteiger partial charge is 0.148 e. The Morgan fingerprint density at radius 1 is 1.47 bits per heavy atom. The average Bonchev–Trinajstić information content (AvgIpc) is 2.89. The Labute approximate surface area is 121 Å². The van der Waals surface area contributed by atoms with Gasteiger partial charge < -0.3 is 11.1 Å². The molecular formula is C13H18N4S2. The van der Waals surface area contributed by atoms with Gasteiger partial charge in [-0.25, -0.2) is 4.98 Å². The number of hydrogen-bond acceptors (Lipinski definition) is 6. The van der Waals surface area contributed by atoms with Gasteiger partial charge in [-0.3, -0.25) is 0 Å². The Balaban J connectivity index is 1.70. The van der Waals surface area contributed by atoms with E-state index in [1.807, 2.05) is 12.3 Å². The molecule has 0 atom stereocenters. The van der Waals surface area contributed by atoms with Crippen LogP contribution in [-0.4, -0.2) is 15.9 Å². The number of aryl methyl sites for hydroxylation is 1. The lowest BCUT2D eigenvalue weighted by Gasteiger charge is -2.25. The van der Waals surface area contributed by atoms with Crippen molar-refractivity contribution in [1.29, 1.82) is 0 Å². The fraction of sp³-hybridized carbons (Fsp3) is 0.538. The maximum atomic E-state index is 5.98. The summed E-state index contributed by atoms with van der Waals surface area (Å²) >= 11 is 3.08. The molecule has 0 aliphatic heterocycles. The van der Waals surface area contributed by atoms with Gasteiger partial charge in [-0.2, -0.15) is 4.37 Å². The van der Waals surface area contributed by atoms with Crippen molar-refractivity contribution < 1.29 is 0 Å². The Bertz CT molecular complexity index is 557. The molecule has 19 heavy (non-hydrogen) atoms. The van der Waals surface area contributed by atoms with Crippen LogP contribution >= 0.6 is 22.9 Å². The lowest BCUT2D eigenvalue weighted by molar-refractivity contribution is 0.303. The highest BCUT2D eigenvalue weighted by Gasteiger charge is 2.19. The van der Waals surface area contributed by atoms with Crippen LogP contribution in [-0.2, 0) is 0 Å². The maximum Gasteiger partial charge on any atom is 0.148 e. The molecule has 0 bridgehead atoms. The summed E-state index contributed by atoms with van der Waals surface area (Å²) < 4.78 is 4.26. The number of nitrogens with zero attached hydrogens (tertiary/aromatic N) is 2. The number of thiazole rings is 1. The molecule has 1 aliphatic rings. The van der Waals surface area contributed by atoms with Crippen molar-refractivity contribution in [2.75, 3.05) is 17.6 Å². The van der Waals surface area contributed by atoms with Crippen molar-refractivity contribution >= 4 is 33.7 Å². The van der Waals surface area contributed by atoms with E-state index in [2.05, 4.69) is 14.7 Å². The van der Waals surface area contributed by atoms with Gasteiger partial charge in [-0.05, 0) is 30.8 Å². The van der Waals surface area contributed by atoms with Crippen LogP contribution in [0.5, 0.6) is 0 Å².